The van der Waals surface area contributed by atoms with Crippen molar-refractivity contribution in [1.82, 2.24) is 0 Å². The first-order valence-electron chi connectivity index (χ1n) is 9.91. The fourth-order valence-electron chi connectivity index (χ4n) is 6.09. The highest BCUT2D eigenvalue weighted by molar-refractivity contribution is 6.00. The molecule has 5 aliphatic rings. The largest absolute Gasteiger partial charge is 0.359 e. The van der Waals surface area contributed by atoms with Gasteiger partial charge in [-0.2, -0.15) is 0 Å². The Hall–Kier alpha value is -1.52. The first-order chi connectivity index (χ1) is 12.4. The zero-order chi connectivity index (χ0) is 18.3. The van der Waals surface area contributed by atoms with Crippen LogP contribution in [0.5, 0.6) is 0 Å². The van der Waals surface area contributed by atoms with Crippen molar-refractivity contribution in [2.45, 2.75) is 70.4 Å². The first kappa shape index (κ1) is 16.6. The molecule has 1 saturated heterocycles. The molecular formula is C22H26O4. The van der Waals surface area contributed by atoms with Crippen LogP contribution in [0, 0.1) is 17.3 Å². The number of ketones is 2. The third kappa shape index (κ3) is 1.87. The molecule has 5 rings (SSSR count). The van der Waals surface area contributed by atoms with Gasteiger partial charge in [0.2, 0.25) is 0 Å². The summed E-state index contributed by atoms with van der Waals surface area (Å²) in [6.45, 7) is 6.54. The van der Waals surface area contributed by atoms with E-state index in [1.165, 1.54) is 5.57 Å². The van der Waals surface area contributed by atoms with Crippen LogP contribution in [0.2, 0.25) is 0 Å². The summed E-state index contributed by atoms with van der Waals surface area (Å²) in [6.07, 6.45) is 10.2. The lowest BCUT2D eigenvalue weighted by Crippen LogP contribution is -2.52. The van der Waals surface area contributed by atoms with Crippen molar-refractivity contribution >= 4 is 11.6 Å². The van der Waals surface area contributed by atoms with Crippen LogP contribution in [0.15, 0.2) is 35.5 Å². The summed E-state index contributed by atoms with van der Waals surface area (Å²) in [4.78, 5) is 25.6. The van der Waals surface area contributed by atoms with Crippen LogP contribution in [-0.2, 0) is 19.1 Å². The van der Waals surface area contributed by atoms with E-state index >= 15 is 0 Å². The molecule has 1 fully saturated rings. The average molecular weight is 354 g/mol. The predicted molar refractivity (Wildman–Crippen MR) is 96.5 cm³/mol. The number of rotatable bonds is 3. The summed E-state index contributed by atoms with van der Waals surface area (Å²) in [5, 5.41) is 0. The van der Waals surface area contributed by atoms with Crippen molar-refractivity contribution in [2.75, 3.05) is 0 Å². The van der Waals surface area contributed by atoms with Gasteiger partial charge >= 0.3 is 0 Å². The Labute approximate surface area is 154 Å². The van der Waals surface area contributed by atoms with Crippen molar-refractivity contribution < 1.29 is 19.1 Å². The van der Waals surface area contributed by atoms with Gasteiger partial charge in [-0.05, 0) is 30.6 Å². The number of carbonyl (C=O) groups excluding carboxylic acids is 2. The quantitative estimate of drug-likeness (QED) is 0.730. The van der Waals surface area contributed by atoms with E-state index in [1.807, 2.05) is 12.2 Å². The van der Waals surface area contributed by atoms with Crippen LogP contribution >= 0.6 is 0 Å². The number of ether oxygens (including phenoxy) is 2. The molecule has 0 saturated carbocycles. The molecule has 1 aliphatic carbocycles. The van der Waals surface area contributed by atoms with Crippen LogP contribution in [0.1, 0.15) is 46.5 Å². The third-order valence-electron chi connectivity index (χ3n) is 7.27. The first-order valence-corrected chi connectivity index (χ1v) is 9.91. The van der Waals surface area contributed by atoms with Gasteiger partial charge in [0.25, 0.3) is 0 Å². The van der Waals surface area contributed by atoms with Crippen molar-refractivity contribution in [3.8, 4) is 0 Å². The van der Waals surface area contributed by atoms with Gasteiger partial charge in [-0.25, -0.2) is 0 Å². The Balaban J connectivity index is 1.67. The Kier molecular flexibility index (Phi) is 3.37. The summed E-state index contributed by atoms with van der Waals surface area (Å²) in [5.74, 6) is 0.465. The molecule has 0 aromatic rings. The van der Waals surface area contributed by atoms with Crippen LogP contribution in [0.4, 0.5) is 0 Å². The van der Waals surface area contributed by atoms with Gasteiger partial charge in [0.05, 0.1) is 12.2 Å². The SMILES string of the molecule is CCCC[C@@]12O[C@@H](C=CC1=O)C1CC3=C(C12)C(C)(C)[C@@H]1C=CC(=O)[C@H]3O1. The molecule has 0 amide bonds. The minimum absolute atomic E-state index is 0.0288. The van der Waals surface area contributed by atoms with Gasteiger partial charge in [0, 0.05) is 17.3 Å². The second kappa shape index (κ2) is 5.26. The molecule has 4 heterocycles. The molecule has 4 heteroatoms. The lowest BCUT2D eigenvalue weighted by atomic mass is 9.64. The molecule has 4 aliphatic heterocycles. The van der Waals surface area contributed by atoms with E-state index in [-0.39, 0.29) is 41.0 Å². The van der Waals surface area contributed by atoms with Gasteiger partial charge in [0.1, 0.15) is 11.7 Å². The molecule has 4 bridgehead atoms. The van der Waals surface area contributed by atoms with E-state index < -0.39 is 11.7 Å². The minimum Gasteiger partial charge on any atom is -0.359 e. The van der Waals surface area contributed by atoms with Gasteiger partial charge in [-0.15, -0.1) is 0 Å². The van der Waals surface area contributed by atoms with Gasteiger partial charge in [0.15, 0.2) is 11.6 Å². The fourth-order valence-corrected chi connectivity index (χ4v) is 6.09. The summed E-state index contributed by atoms with van der Waals surface area (Å²) >= 11 is 0. The monoisotopic (exact) mass is 354 g/mol. The molecule has 6 atom stereocenters. The van der Waals surface area contributed by atoms with Crippen LogP contribution in [0.3, 0.4) is 0 Å². The molecule has 0 spiro atoms. The van der Waals surface area contributed by atoms with E-state index in [9.17, 15) is 9.59 Å². The predicted octanol–water partition coefficient (Wildman–Crippen LogP) is 3.32. The normalized spacial score (nSPS) is 44.5. The highest BCUT2D eigenvalue weighted by atomic mass is 16.5. The third-order valence-corrected chi connectivity index (χ3v) is 7.27. The lowest BCUT2D eigenvalue weighted by Gasteiger charge is -2.47. The van der Waals surface area contributed by atoms with Gasteiger partial charge < -0.3 is 9.47 Å². The molecule has 26 heavy (non-hydrogen) atoms. The topological polar surface area (TPSA) is 52.6 Å². The summed E-state index contributed by atoms with van der Waals surface area (Å²) < 4.78 is 12.6. The number of fused-ring (bicyclic) bond motifs is 9. The van der Waals surface area contributed by atoms with E-state index in [0.29, 0.717) is 0 Å². The fraction of sp³-hybridized carbons (Fsp3) is 0.636. The smallest absolute Gasteiger partial charge is 0.188 e. The maximum Gasteiger partial charge on any atom is 0.188 e. The number of carbonyl (C=O) groups is 2. The second-order valence-electron chi connectivity index (χ2n) is 9.00. The summed E-state index contributed by atoms with van der Waals surface area (Å²) in [6, 6.07) is 0. The molecule has 0 N–H and O–H groups in total. The standard InChI is InChI=1S/C22H26O4/c1-4-5-10-22-16(24)8-7-15(26-22)12-11-13-18(19(12)22)21(2,3)17-9-6-14(23)20(13)25-17/h6-9,12,15,17,19-20H,4-5,10-11H2,1-3H3/t12?,15-,17-,19?,20-,22+/m0/s1. The highest BCUT2D eigenvalue weighted by Crippen LogP contribution is 2.63. The van der Waals surface area contributed by atoms with Gasteiger partial charge in [-0.3, -0.25) is 9.59 Å². The second-order valence-corrected chi connectivity index (χ2v) is 9.00. The molecule has 4 nitrogen and oxygen atoms in total. The van der Waals surface area contributed by atoms with Crippen molar-refractivity contribution in [3.63, 3.8) is 0 Å². The van der Waals surface area contributed by atoms with E-state index in [0.717, 1.165) is 31.3 Å². The summed E-state index contributed by atoms with van der Waals surface area (Å²) in [5.41, 5.74) is 1.43. The van der Waals surface area contributed by atoms with E-state index in [4.69, 9.17) is 9.47 Å². The van der Waals surface area contributed by atoms with Crippen LogP contribution < -0.4 is 0 Å². The van der Waals surface area contributed by atoms with E-state index in [2.05, 4.69) is 20.8 Å². The van der Waals surface area contributed by atoms with Crippen molar-refractivity contribution in [3.05, 3.63) is 35.5 Å². The summed E-state index contributed by atoms with van der Waals surface area (Å²) in [7, 11) is 0. The molecule has 2 unspecified atom stereocenters. The molecular weight excluding hydrogens is 328 g/mol. The van der Waals surface area contributed by atoms with Crippen LogP contribution in [0.25, 0.3) is 0 Å². The van der Waals surface area contributed by atoms with Crippen molar-refractivity contribution in [1.29, 1.82) is 0 Å². The van der Waals surface area contributed by atoms with Crippen molar-refractivity contribution in [2.24, 2.45) is 17.3 Å². The number of unbranched alkanes of at least 4 members (excludes halogenated alkanes) is 1. The zero-order valence-corrected chi connectivity index (χ0v) is 15.7. The highest BCUT2D eigenvalue weighted by Gasteiger charge is 2.66. The maximum absolute atomic E-state index is 13.1. The lowest BCUT2D eigenvalue weighted by molar-refractivity contribution is -0.144. The van der Waals surface area contributed by atoms with Crippen LogP contribution in [-0.4, -0.2) is 35.5 Å². The maximum atomic E-state index is 13.1. The average Bonchev–Trinajstić information content (AvgIpc) is 3.12. The molecule has 0 aromatic carbocycles. The Morgan fingerprint density at radius 3 is 2.77 bits per heavy atom. The zero-order valence-electron chi connectivity index (χ0n) is 15.7. The Morgan fingerprint density at radius 2 is 2.00 bits per heavy atom. The molecule has 138 valence electrons. The molecule has 0 radical (unpaired) electrons. The van der Waals surface area contributed by atoms with E-state index in [1.54, 1.807) is 12.2 Å². The number of hydrogen-bond donors (Lipinski definition) is 0. The number of hydrogen-bond acceptors (Lipinski definition) is 4. The minimum atomic E-state index is -0.743. The Bertz CT molecular complexity index is 786. The molecule has 0 aromatic heterocycles. The Morgan fingerprint density at radius 1 is 1.19 bits per heavy atom. The van der Waals surface area contributed by atoms with Gasteiger partial charge in [-0.1, -0.05) is 51.3 Å².